The van der Waals surface area contributed by atoms with Crippen molar-refractivity contribution < 1.29 is 0 Å². The standard InChI is InChI=1S/C38H27ClN2S/c1-2-27-18-20-32(21-19-27)40(29-12-6-3-7-13-29)33-22-23-36-34(26-33)38-35(24-28(39)25-37(38)42-36)41(30-14-8-4-9-15-30)31-16-10-5-11-17-31/h2-26H,1H2. The van der Waals surface area contributed by atoms with E-state index in [9.17, 15) is 0 Å². The van der Waals surface area contributed by atoms with Crippen molar-refractivity contribution in [2.24, 2.45) is 0 Å². The second kappa shape index (κ2) is 11.2. The van der Waals surface area contributed by atoms with Gasteiger partial charge in [0.25, 0.3) is 0 Å². The molecule has 0 radical (unpaired) electrons. The molecule has 4 heteroatoms. The zero-order valence-corrected chi connectivity index (χ0v) is 24.4. The maximum absolute atomic E-state index is 6.80. The van der Waals surface area contributed by atoms with E-state index in [1.807, 2.05) is 18.2 Å². The number of anilines is 6. The van der Waals surface area contributed by atoms with Gasteiger partial charge in [0.1, 0.15) is 0 Å². The van der Waals surface area contributed by atoms with Crippen molar-refractivity contribution in [3.05, 3.63) is 163 Å². The Labute approximate surface area is 255 Å². The van der Waals surface area contributed by atoms with Gasteiger partial charge in [0, 0.05) is 53.6 Å². The average Bonchev–Trinajstić information content (AvgIpc) is 3.41. The van der Waals surface area contributed by atoms with Crippen LogP contribution in [-0.2, 0) is 0 Å². The smallest absolute Gasteiger partial charge is 0.0569 e. The minimum Gasteiger partial charge on any atom is -0.310 e. The Morgan fingerprint density at radius 2 is 1.05 bits per heavy atom. The molecule has 0 atom stereocenters. The topological polar surface area (TPSA) is 6.48 Å². The Hall–Kier alpha value is -4.83. The molecule has 0 unspecified atom stereocenters. The van der Waals surface area contributed by atoms with E-state index in [0.29, 0.717) is 0 Å². The maximum Gasteiger partial charge on any atom is 0.0569 e. The third-order valence-corrected chi connectivity index (χ3v) is 8.76. The molecule has 0 spiro atoms. The average molecular weight is 579 g/mol. The molecule has 0 saturated heterocycles. The molecule has 7 rings (SSSR count). The van der Waals surface area contributed by atoms with Gasteiger partial charge in [-0.05, 0) is 84.4 Å². The van der Waals surface area contributed by atoms with Crippen LogP contribution in [0, 0.1) is 0 Å². The minimum atomic E-state index is 0.717. The fraction of sp³-hybridized carbons (Fsp3) is 0. The molecule has 6 aromatic carbocycles. The van der Waals surface area contributed by atoms with E-state index >= 15 is 0 Å². The number of para-hydroxylation sites is 3. The Morgan fingerprint density at radius 3 is 1.62 bits per heavy atom. The van der Waals surface area contributed by atoms with Crippen LogP contribution in [0.1, 0.15) is 5.56 Å². The number of benzene rings is 6. The van der Waals surface area contributed by atoms with Crippen LogP contribution < -0.4 is 9.80 Å². The fourth-order valence-corrected chi connectivity index (χ4v) is 6.94. The van der Waals surface area contributed by atoms with Gasteiger partial charge in [-0.2, -0.15) is 0 Å². The Morgan fingerprint density at radius 1 is 0.524 bits per heavy atom. The molecule has 0 aliphatic rings. The van der Waals surface area contributed by atoms with E-state index < -0.39 is 0 Å². The molecule has 2 nitrogen and oxygen atoms in total. The molecule has 0 amide bonds. The van der Waals surface area contributed by atoms with Gasteiger partial charge in [-0.3, -0.25) is 0 Å². The Balaban J connectivity index is 1.48. The van der Waals surface area contributed by atoms with Gasteiger partial charge in [0.2, 0.25) is 0 Å². The predicted octanol–water partition coefficient (Wildman–Crippen LogP) is 12.3. The van der Waals surface area contributed by atoms with E-state index in [2.05, 4.69) is 150 Å². The molecule has 1 heterocycles. The van der Waals surface area contributed by atoms with E-state index in [1.165, 1.54) is 15.5 Å². The summed E-state index contributed by atoms with van der Waals surface area (Å²) in [5.41, 5.74) is 7.58. The van der Waals surface area contributed by atoms with Gasteiger partial charge >= 0.3 is 0 Å². The summed E-state index contributed by atoms with van der Waals surface area (Å²) in [4.78, 5) is 4.60. The van der Waals surface area contributed by atoms with Gasteiger partial charge in [-0.1, -0.05) is 91.0 Å². The molecule has 0 saturated carbocycles. The molecule has 0 aliphatic carbocycles. The maximum atomic E-state index is 6.80. The quantitative estimate of drug-likeness (QED) is 0.185. The molecule has 1 aromatic heterocycles. The van der Waals surface area contributed by atoms with Crippen LogP contribution in [0.3, 0.4) is 0 Å². The minimum absolute atomic E-state index is 0.717. The number of fused-ring (bicyclic) bond motifs is 3. The highest BCUT2D eigenvalue weighted by Crippen LogP contribution is 2.47. The lowest BCUT2D eigenvalue weighted by atomic mass is 10.1. The lowest BCUT2D eigenvalue weighted by Gasteiger charge is -2.27. The van der Waals surface area contributed by atoms with Crippen molar-refractivity contribution in [2.45, 2.75) is 0 Å². The first kappa shape index (κ1) is 26.1. The summed E-state index contributed by atoms with van der Waals surface area (Å²) in [5.74, 6) is 0. The first-order valence-corrected chi connectivity index (χ1v) is 15.0. The summed E-state index contributed by atoms with van der Waals surface area (Å²) in [7, 11) is 0. The van der Waals surface area contributed by atoms with Gasteiger partial charge in [-0.25, -0.2) is 0 Å². The monoisotopic (exact) mass is 578 g/mol. The second-order valence-electron chi connectivity index (χ2n) is 10.1. The van der Waals surface area contributed by atoms with Crippen LogP contribution in [0.25, 0.3) is 26.2 Å². The lowest BCUT2D eigenvalue weighted by molar-refractivity contribution is 1.29. The van der Waals surface area contributed by atoms with Crippen molar-refractivity contribution >= 4 is 83.3 Å². The van der Waals surface area contributed by atoms with E-state index in [1.54, 1.807) is 11.3 Å². The number of rotatable bonds is 7. The summed E-state index contributed by atoms with van der Waals surface area (Å²) in [6.07, 6.45) is 1.87. The van der Waals surface area contributed by atoms with Crippen molar-refractivity contribution in [3.8, 4) is 0 Å². The summed E-state index contributed by atoms with van der Waals surface area (Å²) in [6, 6.07) is 50.9. The first-order valence-electron chi connectivity index (χ1n) is 13.8. The largest absolute Gasteiger partial charge is 0.310 e. The molecule has 202 valence electrons. The predicted molar refractivity (Wildman–Crippen MR) is 184 cm³/mol. The summed E-state index contributed by atoms with van der Waals surface area (Å²) < 4.78 is 2.37. The Bertz CT molecular complexity index is 1960. The van der Waals surface area contributed by atoms with Gasteiger partial charge in [0.15, 0.2) is 0 Å². The third-order valence-electron chi connectivity index (χ3n) is 7.43. The number of hydrogen-bond donors (Lipinski definition) is 0. The van der Waals surface area contributed by atoms with Crippen molar-refractivity contribution in [2.75, 3.05) is 9.80 Å². The van der Waals surface area contributed by atoms with E-state index in [-0.39, 0.29) is 0 Å². The highest BCUT2D eigenvalue weighted by Gasteiger charge is 2.21. The summed E-state index contributed by atoms with van der Waals surface area (Å²) >= 11 is 8.58. The van der Waals surface area contributed by atoms with Crippen LogP contribution in [-0.4, -0.2) is 0 Å². The SMILES string of the molecule is C=Cc1ccc(N(c2ccccc2)c2ccc3sc4cc(Cl)cc(N(c5ccccc5)c5ccccc5)c4c3c2)cc1. The van der Waals surface area contributed by atoms with Crippen molar-refractivity contribution in [3.63, 3.8) is 0 Å². The van der Waals surface area contributed by atoms with Crippen molar-refractivity contribution in [1.29, 1.82) is 0 Å². The molecule has 0 aliphatic heterocycles. The van der Waals surface area contributed by atoms with E-state index in [4.69, 9.17) is 11.6 Å². The number of thiophene rings is 1. The first-order chi connectivity index (χ1) is 20.7. The molecular weight excluding hydrogens is 552 g/mol. The summed E-state index contributed by atoms with van der Waals surface area (Å²) in [6.45, 7) is 3.93. The molecule has 0 fully saturated rings. The number of nitrogens with zero attached hydrogens (tertiary/aromatic N) is 2. The van der Waals surface area contributed by atoms with Crippen LogP contribution in [0.15, 0.2) is 152 Å². The van der Waals surface area contributed by atoms with Crippen molar-refractivity contribution in [1.82, 2.24) is 0 Å². The molecule has 0 bridgehead atoms. The zero-order chi connectivity index (χ0) is 28.5. The molecular formula is C38H27ClN2S. The van der Waals surface area contributed by atoms with Crippen LogP contribution in [0.2, 0.25) is 5.02 Å². The van der Waals surface area contributed by atoms with Crippen LogP contribution in [0.4, 0.5) is 34.1 Å². The molecule has 0 N–H and O–H groups in total. The highest BCUT2D eigenvalue weighted by atomic mass is 35.5. The van der Waals surface area contributed by atoms with Gasteiger partial charge < -0.3 is 9.80 Å². The van der Waals surface area contributed by atoms with Gasteiger partial charge in [0.05, 0.1) is 5.69 Å². The van der Waals surface area contributed by atoms with E-state index in [0.717, 1.165) is 49.4 Å². The van der Waals surface area contributed by atoms with Gasteiger partial charge in [-0.15, -0.1) is 11.3 Å². The Kier molecular flexibility index (Phi) is 6.97. The fourth-order valence-electron chi connectivity index (χ4n) is 5.52. The highest BCUT2D eigenvalue weighted by molar-refractivity contribution is 7.26. The van der Waals surface area contributed by atoms with Crippen LogP contribution in [0.5, 0.6) is 0 Å². The molecule has 7 aromatic rings. The normalized spacial score (nSPS) is 11.1. The summed E-state index contributed by atoms with van der Waals surface area (Å²) in [5, 5.41) is 3.10. The second-order valence-corrected chi connectivity index (χ2v) is 11.6. The number of halogens is 1. The number of hydrogen-bond acceptors (Lipinski definition) is 3. The molecule has 42 heavy (non-hydrogen) atoms. The zero-order valence-electron chi connectivity index (χ0n) is 22.8. The lowest BCUT2D eigenvalue weighted by Crippen LogP contribution is -2.10. The van der Waals surface area contributed by atoms with Crippen LogP contribution >= 0.6 is 22.9 Å². The third kappa shape index (κ3) is 4.83.